The van der Waals surface area contributed by atoms with E-state index in [0.717, 1.165) is 22.3 Å². The topological polar surface area (TPSA) is 0 Å². The minimum absolute atomic E-state index is 0.0324. The molecule has 1 aromatic carbocycles. The van der Waals surface area contributed by atoms with E-state index in [4.69, 9.17) is 0 Å². The lowest BCUT2D eigenvalue weighted by Crippen LogP contribution is -2.17. The fourth-order valence-corrected chi connectivity index (χ4v) is 1.96. The molecule has 0 unspecified atom stereocenters. The lowest BCUT2D eigenvalue weighted by Gasteiger charge is -2.24. The second-order valence-corrected chi connectivity index (χ2v) is 5.07. The average molecular weight is 194 g/mol. The number of benzene rings is 1. The molecule has 0 heterocycles. The number of aryl methyl sites for hydroxylation is 2. The van der Waals surface area contributed by atoms with Crippen molar-refractivity contribution in [3.8, 4) is 0 Å². The van der Waals surface area contributed by atoms with Gasteiger partial charge in [-0.3, -0.25) is 0 Å². The van der Waals surface area contributed by atoms with Crippen molar-refractivity contribution in [2.75, 3.05) is 0 Å². The molecule has 0 aliphatic heterocycles. The molecular weight excluding hydrogens is 175 g/mol. The summed E-state index contributed by atoms with van der Waals surface area (Å²) in [4.78, 5) is 0. The molecule has 0 aromatic heterocycles. The van der Waals surface area contributed by atoms with Crippen LogP contribution in [0.1, 0.15) is 43.0 Å². The Kier molecular flexibility index (Phi) is 2.71. The lowest BCUT2D eigenvalue weighted by molar-refractivity contribution is 0.514. The largest absolute Gasteiger partial charge is 0.206 e. The van der Waals surface area contributed by atoms with Gasteiger partial charge in [-0.25, -0.2) is 4.39 Å². The smallest absolute Gasteiger partial charge is 0.130 e. The van der Waals surface area contributed by atoms with Crippen molar-refractivity contribution < 1.29 is 4.39 Å². The quantitative estimate of drug-likeness (QED) is 0.584. The Morgan fingerprint density at radius 3 is 1.93 bits per heavy atom. The first-order chi connectivity index (χ1) is 6.25. The Hall–Kier alpha value is -0.850. The fraction of sp³-hybridized carbons (Fsp3) is 0.538. The fourth-order valence-electron chi connectivity index (χ4n) is 1.96. The summed E-state index contributed by atoms with van der Waals surface area (Å²) < 4.78 is 14.0. The molecule has 0 saturated carbocycles. The van der Waals surface area contributed by atoms with Crippen LogP contribution in [0.25, 0.3) is 0 Å². The first-order valence-electron chi connectivity index (χ1n) is 5.02. The van der Waals surface area contributed by atoms with Crippen molar-refractivity contribution in [2.45, 2.75) is 47.0 Å². The number of halogens is 1. The zero-order chi connectivity index (χ0) is 11.1. The van der Waals surface area contributed by atoms with E-state index in [-0.39, 0.29) is 11.2 Å². The van der Waals surface area contributed by atoms with Gasteiger partial charge in [-0.05, 0) is 48.4 Å². The molecule has 0 aliphatic rings. The summed E-state index contributed by atoms with van der Waals surface area (Å²) in [5.41, 5.74) is 3.60. The van der Waals surface area contributed by atoms with Crippen LogP contribution in [0.4, 0.5) is 4.39 Å². The second kappa shape index (κ2) is 3.38. The SMILES string of the molecule is Cc1cc(C)c(C(C)(C)C)c(F)c1C. The molecule has 0 bridgehead atoms. The molecule has 1 aromatic rings. The Balaban J connectivity index is 3.53. The van der Waals surface area contributed by atoms with Gasteiger partial charge >= 0.3 is 0 Å². The maximum atomic E-state index is 14.0. The third-order valence-corrected chi connectivity index (χ3v) is 2.72. The van der Waals surface area contributed by atoms with Gasteiger partial charge in [0.25, 0.3) is 0 Å². The van der Waals surface area contributed by atoms with Crippen molar-refractivity contribution in [1.29, 1.82) is 0 Å². The molecule has 0 fully saturated rings. The monoisotopic (exact) mass is 194 g/mol. The van der Waals surface area contributed by atoms with Gasteiger partial charge in [0.1, 0.15) is 5.82 Å². The second-order valence-electron chi connectivity index (χ2n) is 5.07. The van der Waals surface area contributed by atoms with Crippen LogP contribution in [0, 0.1) is 26.6 Å². The molecule has 14 heavy (non-hydrogen) atoms. The summed E-state index contributed by atoms with van der Waals surface area (Å²) in [6, 6.07) is 2.07. The van der Waals surface area contributed by atoms with Crippen molar-refractivity contribution in [3.05, 3.63) is 34.1 Å². The van der Waals surface area contributed by atoms with Gasteiger partial charge in [0.15, 0.2) is 0 Å². The highest BCUT2D eigenvalue weighted by molar-refractivity contribution is 5.41. The maximum absolute atomic E-state index is 14.0. The molecule has 0 amide bonds. The van der Waals surface area contributed by atoms with E-state index in [9.17, 15) is 4.39 Å². The molecular formula is C13H19F. The molecule has 0 N–H and O–H groups in total. The van der Waals surface area contributed by atoms with E-state index < -0.39 is 0 Å². The molecule has 1 rings (SSSR count). The number of hydrogen-bond acceptors (Lipinski definition) is 0. The van der Waals surface area contributed by atoms with Crippen LogP contribution in [0.5, 0.6) is 0 Å². The van der Waals surface area contributed by atoms with Crippen molar-refractivity contribution in [2.24, 2.45) is 0 Å². The van der Waals surface area contributed by atoms with Gasteiger partial charge in [0.2, 0.25) is 0 Å². The van der Waals surface area contributed by atoms with Gasteiger partial charge in [-0.15, -0.1) is 0 Å². The summed E-state index contributed by atoms with van der Waals surface area (Å²) in [6.45, 7) is 11.9. The highest BCUT2D eigenvalue weighted by Gasteiger charge is 2.22. The van der Waals surface area contributed by atoms with Crippen molar-refractivity contribution >= 4 is 0 Å². The van der Waals surface area contributed by atoms with Crippen molar-refractivity contribution in [3.63, 3.8) is 0 Å². The highest BCUT2D eigenvalue weighted by atomic mass is 19.1. The van der Waals surface area contributed by atoms with Crippen LogP contribution >= 0.6 is 0 Å². The first kappa shape index (κ1) is 11.2. The van der Waals surface area contributed by atoms with E-state index in [2.05, 4.69) is 6.07 Å². The maximum Gasteiger partial charge on any atom is 0.130 e. The van der Waals surface area contributed by atoms with Crippen LogP contribution < -0.4 is 0 Å². The summed E-state index contributed by atoms with van der Waals surface area (Å²) in [6.07, 6.45) is 0. The highest BCUT2D eigenvalue weighted by Crippen LogP contribution is 2.31. The van der Waals surface area contributed by atoms with Gasteiger partial charge < -0.3 is 0 Å². The van der Waals surface area contributed by atoms with Gasteiger partial charge in [-0.2, -0.15) is 0 Å². The molecule has 0 aliphatic carbocycles. The summed E-state index contributed by atoms with van der Waals surface area (Å²) >= 11 is 0. The van der Waals surface area contributed by atoms with Gasteiger partial charge in [-0.1, -0.05) is 26.8 Å². The molecule has 78 valence electrons. The molecule has 0 saturated heterocycles. The third-order valence-electron chi connectivity index (χ3n) is 2.72. The zero-order valence-electron chi connectivity index (χ0n) is 9.96. The van der Waals surface area contributed by atoms with E-state index in [0.29, 0.717) is 0 Å². The van der Waals surface area contributed by atoms with Crippen LogP contribution in [-0.4, -0.2) is 0 Å². The van der Waals surface area contributed by atoms with Crippen LogP contribution in [0.2, 0.25) is 0 Å². The summed E-state index contributed by atoms with van der Waals surface area (Å²) in [5.74, 6) is -0.0324. The predicted molar refractivity (Wildman–Crippen MR) is 59.3 cm³/mol. The predicted octanol–water partition coefficient (Wildman–Crippen LogP) is 4.05. The van der Waals surface area contributed by atoms with E-state index in [1.807, 2.05) is 41.5 Å². The average Bonchev–Trinajstić information content (AvgIpc) is 1.97. The molecule has 1 heteroatoms. The minimum atomic E-state index is -0.118. The van der Waals surface area contributed by atoms with Gasteiger partial charge in [0, 0.05) is 0 Å². The normalized spacial score (nSPS) is 11.9. The van der Waals surface area contributed by atoms with E-state index in [1.54, 1.807) is 0 Å². The standard InChI is InChI=1S/C13H19F/c1-8-7-9(2)11(13(4,5)6)12(14)10(8)3/h7H,1-6H3. The molecule has 0 spiro atoms. The van der Waals surface area contributed by atoms with Crippen LogP contribution in [-0.2, 0) is 5.41 Å². The summed E-state index contributed by atoms with van der Waals surface area (Å²) in [7, 11) is 0. The third kappa shape index (κ3) is 1.82. The van der Waals surface area contributed by atoms with Crippen molar-refractivity contribution in [1.82, 2.24) is 0 Å². The van der Waals surface area contributed by atoms with E-state index >= 15 is 0 Å². The Bertz CT molecular complexity index is 356. The Morgan fingerprint density at radius 2 is 1.50 bits per heavy atom. The van der Waals surface area contributed by atoms with Crippen LogP contribution in [0.15, 0.2) is 6.07 Å². The Labute approximate surface area is 86.2 Å². The molecule has 0 atom stereocenters. The Morgan fingerprint density at radius 1 is 1.00 bits per heavy atom. The molecule has 0 radical (unpaired) electrons. The van der Waals surface area contributed by atoms with Gasteiger partial charge in [0.05, 0.1) is 0 Å². The zero-order valence-corrected chi connectivity index (χ0v) is 9.96. The number of rotatable bonds is 0. The number of hydrogen-bond donors (Lipinski definition) is 0. The van der Waals surface area contributed by atoms with Crippen LogP contribution in [0.3, 0.4) is 0 Å². The summed E-state index contributed by atoms with van der Waals surface area (Å²) in [5, 5.41) is 0. The first-order valence-corrected chi connectivity index (χ1v) is 5.02. The lowest BCUT2D eigenvalue weighted by atomic mass is 9.82. The minimum Gasteiger partial charge on any atom is -0.206 e. The molecule has 0 nitrogen and oxygen atoms in total. The van der Waals surface area contributed by atoms with E-state index in [1.165, 1.54) is 0 Å².